The van der Waals surface area contributed by atoms with Crippen molar-refractivity contribution in [2.24, 2.45) is 0 Å². The molecule has 0 fully saturated rings. The molecule has 0 atom stereocenters. The average Bonchev–Trinajstić information content (AvgIpc) is 2.39. The van der Waals surface area contributed by atoms with Crippen molar-refractivity contribution in [1.82, 2.24) is 4.98 Å². The van der Waals surface area contributed by atoms with Gasteiger partial charge in [-0.25, -0.2) is 0 Å². The van der Waals surface area contributed by atoms with Gasteiger partial charge in [0.05, 0.1) is 17.2 Å². The second-order valence-electron chi connectivity index (χ2n) is 3.51. The predicted molar refractivity (Wildman–Crippen MR) is 62.3 cm³/mol. The molecule has 0 saturated carbocycles. The van der Waals surface area contributed by atoms with Crippen LogP contribution in [0.5, 0.6) is 0 Å². The zero-order chi connectivity index (χ0) is 12.3. The van der Waals surface area contributed by atoms with Crippen LogP contribution < -0.4 is 0 Å². The first-order valence-corrected chi connectivity index (χ1v) is 5.01. The lowest BCUT2D eigenvalue weighted by Gasteiger charge is -2.01. The molecule has 1 N–H and O–H groups in total. The van der Waals surface area contributed by atoms with Gasteiger partial charge in [-0.15, -0.1) is 0 Å². The van der Waals surface area contributed by atoms with Crippen LogP contribution in [-0.2, 0) is 6.61 Å². The number of rotatable bonds is 3. The Bertz CT molecular complexity index is 538. The Hall–Kier alpha value is -2.27. The number of aliphatic hydroxyl groups is 1. The van der Waals surface area contributed by atoms with Crippen molar-refractivity contribution in [1.29, 1.82) is 0 Å². The highest BCUT2D eigenvalue weighted by molar-refractivity contribution is 5.61. The molecule has 0 saturated heterocycles. The molecule has 17 heavy (non-hydrogen) atoms. The number of aromatic nitrogens is 1. The van der Waals surface area contributed by atoms with E-state index in [0.717, 1.165) is 11.1 Å². The molecule has 86 valence electrons. The summed E-state index contributed by atoms with van der Waals surface area (Å²) < 4.78 is 0. The van der Waals surface area contributed by atoms with Crippen LogP contribution in [0, 0.1) is 10.1 Å². The molecule has 0 unspecified atom stereocenters. The van der Waals surface area contributed by atoms with Crippen molar-refractivity contribution in [2.45, 2.75) is 6.61 Å². The van der Waals surface area contributed by atoms with Gasteiger partial charge in [0, 0.05) is 23.9 Å². The Balaban J connectivity index is 2.38. The molecule has 2 rings (SSSR count). The number of nitrogens with zero attached hydrogens (tertiary/aromatic N) is 2. The molecular weight excluding hydrogens is 220 g/mol. The highest BCUT2D eigenvalue weighted by atomic mass is 16.6. The number of hydrogen-bond donors (Lipinski definition) is 1. The van der Waals surface area contributed by atoms with Gasteiger partial charge in [0.15, 0.2) is 0 Å². The Morgan fingerprint density at radius 3 is 2.53 bits per heavy atom. The van der Waals surface area contributed by atoms with Gasteiger partial charge in [0.1, 0.15) is 0 Å². The SMILES string of the molecule is O=[N+]([O-])c1ccnc(-c2ccc(CO)cc2)c1. The fourth-order valence-electron chi connectivity index (χ4n) is 1.47. The van der Waals surface area contributed by atoms with E-state index in [0.29, 0.717) is 5.69 Å². The number of hydrogen-bond acceptors (Lipinski definition) is 4. The highest BCUT2D eigenvalue weighted by Crippen LogP contribution is 2.21. The summed E-state index contributed by atoms with van der Waals surface area (Å²) in [6.45, 7) is -0.0252. The monoisotopic (exact) mass is 230 g/mol. The topological polar surface area (TPSA) is 76.3 Å². The molecule has 0 radical (unpaired) electrons. The molecule has 0 aliphatic carbocycles. The average molecular weight is 230 g/mol. The van der Waals surface area contributed by atoms with Crippen LogP contribution >= 0.6 is 0 Å². The lowest BCUT2D eigenvalue weighted by atomic mass is 10.1. The van der Waals surface area contributed by atoms with Crippen molar-refractivity contribution in [3.63, 3.8) is 0 Å². The van der Waals surface area contributed by atoms with Gasteiger partial charge in [-0.3, -0.25) is 15.1 Å². The van der Waals surface area contributed by atoms with E-state index in [4.69, 9.17) is 5.11 Å². The van der Waals surface area contributed by atoms with Crippen molar-refractivity contribution in [3.8, 4) is 11.3 Å². The van der Waals surface area contributed by atoms with Gasteiger partial charge in [-0.05, 0) is 5.56 Å². The summed E-state index contributed by atoms with van der Waals surface area (Å²) in [6.07, 6.45) is 1.41. The summed E-state index contributed by atoms with van der Waals surface area (Å²) >= 11 is 0. The second kappa shape index (κ2) is 4.71. The van der Waals surface area contributed by atoms with Crippen LogP contribution in [0.3, 0.4) is 0 Å². The zero-order valence-corrected chi connectivity index (χ0v) is 8.91. The zero-order valence-electron chi connectivity index (χ0n) is 8.91. The molecule has 5 nitrogen and oxygen atoms in total. The van der Waals surface area contributed by atoms with Crippen LogP contribution in [0.2, 0.25) is 0 Å². The van der Waals surface area contributed by atoms with E-state index in [-0.39, 0.29) is 12.3 Å². The van der Waals surface area contributed by atoms with Crippen LogP contribution in [-0.4, -0.2) is 15.0 Å². The molecule has 0 aliphatic rings. The summed E-state index contributed by atoms with van der Waals surface area (Å²) in [5, 5.41) is 19.5. The van der Waals surface area contributed by atoms with E-state index >= 15 is 0 Å². The van der Waals surface area contributed by atoms with E-state index in [1.165, 1.54) is 18.3 Å². The normalized spacial score (nSPS) is 10.2. The number of pyridine rings is 1. The third-order valence-corrected chi connectivity index (χ3v) is 2.39. The van der Waals surface area contributed by atoms with E-state index < -0.39 is 4.92 Å². The first-order valence-electron chi connectivity index (χ1n) is 5.01. The molecule has 1 aromatic carbocycles. The van der Waals surface area contributed by atoms with Gasteiger partial charge in [-0.2, -0.15) is 0 Å². The summed E-state index contributed by atoms with van der Waals surface area (Å²) in [5.41, 5.74) is 2.13. The van der Waals surface area contributed by atoms with E-state index in [1.54, 1.807) is 24.3 Å². The number of aliphatic hydroxyl groups excluding tert-OH is 1. The maximum Gasteiger partial charge on any atom is 0.273 e. The van der Waals surface area contributed by atoms with Crippen molar-refractivity contribution in [3.05, 3.63) is 58.3 Å². The van der Waals surface area contributed by atoms with Gasteiger partial charge in [0.2, 0.25) is 0 Å². The van der Waals surface area contributed by atoms with Crippen LogP contribution in [0.15, 0.2) is 42.6 Å². The van der Waals surface area contributed by atoms with Gasteiger partial charge in [0.25, 0.3) is 5.69 Å². The smallest absolute Gasteiger partial charge is 0.273 e. The summed E-state index contributed by atoms with van der Waals surface area (Å²) in [7, 11) is 0. The predicted octanol–water partition coefficient (Wildman–Crippen LogP) is 2.15. The fourth-order valence-corrected chi connectivity index (χ4v) is 1.47. The van der Waals surface area contributed by atoms with Gasteiger partial charge < -0.3 is 5.11 Å². The third-order valence-electron chi connectivity index (χ3n) is 2.39. The minimum absolute atomic E-state index is 0.0150. The lowest BCUT2D eigenvalue weighted by molar-refractivity contribution is -0.384. The standard InChI is InChI=1S/C12H10N2O3/c15-8-9-1-3-10(4-2-9)12-7-11(14(16)17)5-6-13-12/h1-7,15H,8H2. The Kier molecular flexibility index (Phi) is 3.11. The molecule has 0 bridgehead atoms. The molecule has 5 heteroatoms. The molecule has 0 spiro atoms. The Morgan fingerprint density at radius 2 is 1.94 bits per heavy atom. The number of benzene rings is 1. The molecular formula is C12H10N2O3. The minimum Gasteiger partial charge on any atom is -0.392 e. The minimum atomic E-state index is -0.451. The van der Waals surface area contributed by atoms with Crippen molar-refractivity contribution < 1.29 is 10.0 Å². The van der Waals surface area contributed by atoms with E-state index in [2.05, 4.69) is 4.98 Å². The van der Waals surface area contributed by atoms with Crippen LogP contribution in [0.1, 0.15) is 5.56 Å². The Morgan fingerprint density at radius 1 is 1.24 bits per heavy atom. The lowest BCUT2D eigenvalue weighted by Crippen LogP contribution is -1.90. The van der Waals surface area contributed by atoms with Crippen LogP contribution in [0.25, 0.3) is 11.3 Å². The quantitative estimate of drug-likeness (QED) is 0.647. The van der Waals surface area contributed by atoms with Crippen molar-refractivity contribution in [2.75, 3.05) is 0 Å². The first-order chi connectivity index (χ1) is 8.20. The fraction of sp³-hybridized carbons (Fsp3) is 0.0833. The molecule has 2 aromatic rings. The van der Waals surface area contributed by atoms with Crippen LogP contribution in [0.4, 0.5) is 5.69 Å². The molecule has 0 aliphatic heterocycles. The first kappa shape index (κ1) is 11.2. The third kappa shape index (κ3) is 2.46. The largest absolute Gasteiger partial charge is 0.392 e. The van der Waals surface area contributed by atoms with E-state index in [9.17, 15) is 10.1 Å². The summed E-state index contributed by atoms with van der Waals surface area (Å²) in [4.78, 5) is 14.3. The maximum atomic E-state index is 10.6. The van der Waals surface area contributed by atoms with E-state index in [1.807, 2.05) is 0 Å². The summed E-state index contributed by atoms with van der Waals surface area (Å²) in [6, 6.07) is 9.85. The summed E-state index contributed by atoms with van der Waals surface area (Å²) in [5.74, 6) is 0. The highest BCUT2D eigenvalue weighted by Gasteiger charge is 2.07. The Labute approximate surface area is 97.5 Å². The van der Waals surface area contributed by atoms with Gasteiger partial charge in [-0.1, -0.05) is 24.3 Å². The molecule has 0 amide bonds. The molecule has 1 aromatic heterocycles. The molecule has 1 heterocycles. The van der Waals surface area contributed by atoms with Crippen molar-refractivity contribution >= 4 is 5.69 Å². The number of nitro groups is 1. The van der Waals surface area contributed by atoms with Gasteiger partial charge >= 0.3 is 0 Å². The maximum absolute atomic E-state index is 10.6. The second-order valence-corrected chi connectivity index (χ2v) is 3.51.